The number of thiophene rings is 1. The van der Waals surface area contributed by atoms with Crippen LogP contribution in [0.15, 0.2) is 22.5 Å². The molecule has 0 aromatic carbocycles. The maximum Gasteiger partial charge on any atom is 0.191 e. The smallest absolute Gasteiger partial charge is 0.191 e. The van der Waals surface area contributed by atoms with Crippen molar-refractivity contribution in [3.8, 4) is 0 Å². The number of nitrogens with one attached hydrogen (secondary N) is 2. The number of hydrogen-bond acceptors (Lipinski definition) is 3. The molecular weight excluding hydrogens is 453 g/mol. The van der Waals surface area contributed by atoms with Gasteiger partial charge in [-0.05, 0) is 39.1 Å². The van der Waals surface area contributed by atoms with Crippen molar-refractivity contribution in [3.63, 3.8) is 0 Å². The van der Waals surface area contributed by atoms with Crippen LogP contribution in [0.4, 0.5) is 0 Å². The first-order valence-electron chi connectivity index (χ1n) is 8.11. The van der Waals surface area contributed by atoms with Crippen molar-refractivity contribution in [2.75, 3.05) is 25.4 Å². The molecule has 1 aromatic heterocycles. The summed E-state index contributed by atoms with van der Waals surface area (Å²) in [6.45, 7) is 14.7. The van der Waals surface area contributed by atoms with Gasteiger partial charge in [-0.15, -0.1) is 35.3 Å². The number of nitrogens with zero attached hydrogens (tertiary/aromatic N) is 1. The van der Waals surface area contributed by atoms with Crippen molar-refractivity contribution >= 4 is 52.1 Å². The molecule has 1 atom stereocenters. The van der Waals surface area contributed by atoms with Crippen molar-refractivity contribution in [1.82, 2.24) is 10.6 Å². The SMILES string of the molecule is CCNC(=NCC(C)(C)c1cccs1)NCCS(=O)C(C)(C)C.I. The second kappa shape index (κ2) is 10.8. The van der Waals surface area contributed by atoms with Crippen molar-refractivity contribution in [2.24, 2.45) is 4.99 Å². The number of guanidine groups is 1. The van der Waals surface area contributed by atoms with E-state index in [1.54, 1.807) is 11.3 Å². The zero-order valence-electron chi connectivity index (χ0n) is 15.6. The minimum atomic E-state index is -0.847. The second-order valence-corrected chi connectivity index (χ2v) is 10.4. The van der Waals surface area contributed by atoms with Crippen LogP contribution in [-0.4, -0.2) is 40.3 Å². The second-order valence-electron chi connectivity index (χ2n) is 7.15. The van der Waals surface area contributed by atoms with E-state index in [0.29, 0.717) is 18.8 Å². The Hall–Kier alpha value is -0.150. The largest absolute Gasteiger partial charge is 0.357 e. The molecule has 140 valence electrons. The van der Waals surface area contributed by atoms with Gasteiger partial charge < -0.3 is 10.6 Å². The monoisotopic (exact) mass is 485 g/mol. The molecule has 0 bridgehead atoms. The minimum Gasteiger partial charge on any atom is -0.357 e. The molecule has 1 rings (SSSR count). The predicted octanol–water partition coefficient (Wildman–Crippen LogP) is 3.75. The summed E-state index contributed by atoms with van der Waals surface area (Å²) in [5.74, 6) is 1.42. The molecule has 2 N–H and O–H groups in total. The van der Waals surface area contributed by atoms with Gasteiger partial charge in [-0.25, -0.2) is 0 Å². The number of halogens is 1. The van der Waals surface area contributed by atoms with Crippen molar-refractivity contribution in [3.05, 3.63) is 22.4 Å². The topological polar surface area (TPSA) is 53.5 Å². The van der Waals surface area contributed by atoms with E-state index in [1.807, 2.05) is 20.8 Å². The van der Waals surface area contributed by atoms with Gasteiger partial charge >= 0.3 is 0 Å². The quantitative estimate of drug-likeness (QED) is 0.352. The third-order valence-electron chi connectivity index (χ3n) is 3.43. The van der Waals surface area contributed by atoms with Gasteiger partial charge in [0, 0.05) is 44.7 Å². The van der Waals surface area contributed by atoms with Gasteiger partial charge in [0.1, 0.15) is 0 Å². The van der Waals surface area contributed by atoms with Crippen LogP contribution < -0.4 is 10.6 Å². The van der Waals surface area contributed by atoms with Crippen molar-refractivity contribution in [1.29, 1.82) is 0 Å². The molecular formula is C17H32IN3OS2. The molecule has 0 saturated heterocycles. The lowest BCUT2D eigenvalue weighted by molar-refractivity contribution is 0.548. The van der Waals surface area contributed by atoms with Crippen molar-refractivity contribution in [2.45, 2.75) is 51.7 Å². The molecule has 0 aliphatic carbocycles. The summed E-state index contributed by atoms with van der Waals surface area (Å²) < 4.78 is 11.9. The minimum absolute atomic E-state index is 0. The van der Waals surface area contributed by atoms with Crippen LogP contribution in [0.25, 0.3) is 0 Å². The molecule has 4 nitrogen and oxygen atoms in total. The van der Waals surface area contributed by atoms with E-state index >= 15 is 0 Å². The summed E-state index contributed by atoms with van der Waals surface area (Å²) in [4.78, 5) is 6.04. The fraction of sp³-hybridized carbons (Fsp3) is 0.706. The fourth-order valence-corrected chi connectivity index (χ4v) is 3.67. The van der Waals surface area contributed by atoms with E-state index < -0.39 is 10.8 Å². The summed E-state index contributed by atoms with van der Waals surface area (Å²) in [7, 11) is -0.847. The number of aliphatic imine (C=N–C) groups is 1. The highest BCUT2D eigenvalue weighted by molar-refractivity contribution is 14.0. The Morgan fingerprint density at radius 2 is 1.92 bits per heavy atom. The molecule has 24 heavy (non-hydrogen) atoms. The van der Waals surface area contributed by atoms with Crippen LogP contribution in [0.5, 0.6) is 0 Å². The first-order chi connectivity index (χ1) is 10.7. The summed E-state index contributed by atoms with van der Waals surface area (Å²) >= 11 is 1.77. The van der Waals surface area contributed by atoms with Gasteiger partial charge in [0.05, 0.1) is 6.54 Å². The maximum absolute atomic E-state index is 12.1. The van der Waals surface area contributed by atoms with Gasteiger partial charge in [-0.3, -0.25) is 9.20 Å². The molecule has 1 aromatic rings. The van der Waals surface area contributed by atoms with Gasteiger partial charge in [-0.2, -0.15) is 0 Å². The third kappa shape index (κ3) is 8.29. The van der Waals surface area contributed by atoms with Crippen LogP contribution in [0.1, 0.15) is 46.4 Å². The number of hydrogen-bond donors (Lipinski definition) is 2. The standard InChI is InChI=1S/C17H31N3OS2.HI/c1-7-18-15(19-10-12-23(21)16(2,3)4)20-13-17(5,6)14-9-8-11-22-14;/h8-9,11H,7,10,12-13H2,1-6H3,(H2,18,19,20);1H. The molecule has 0 spiro atoms. The molecule has 0 aliphatic heterocycles. The highest BCUT2D eigenvalue weighted by Gasteiger charge is 2.22. The molecule has 1 unspecified atom stereocenters. The molecule has 0 saturated carbocycles. The van der Waals surface area contributed by atoms with Crippen LogP contribution in [0.3, 0.4) is 0 Å². The van der Waals surface area contributed by atoms with E-state index in [4.69, 9.17) is 4.99 Å². The van der Waals surface area contributed by atoms with E-state index in [9.17, 15) is 4.21 Å². The lowest BCUT2D eigenvalue weighted by Crippen LogP contribution is -2.41. The lowest BCUT2D eigenvalue weighted by atomic mass is 9.92. The molecule has 0 aliphatic rings. The summed E-state index contributed by atoms with van der Waals surface area (Å²) in [5, 5.41) is 8.65. The van der Waals surface area contributed by atoms with Crippen LogP contribution in [0, 0.1) is 0 Å². The molecule has 1 heterocycles. The highest BCUT2D eigenvalue weighted by atomic mass is 127. The van der Waals surface area contributed by atoms with Crippen molar-refractivity contribution < 1.29 is 4.21 Å². The summed E-state index contributed by atoms with van der Waals surface area (Å²) in [6.07, 6.45) is 0. The van der Waals surface area contributed by atoms with E-state index in [-0.39, 0.29) is 34.1 Å². The molecule has 0 radical (unpaired) electrons. The molecule has 7 heteroatoms. The van der Waals surface area contributed by atoms with Gasteiger partial charge in [-0.1, -0.05) is 19.9 Å². The Balaban J connectivity index is 0.00000529. The third-order valence-corrected chi connectivity index (χ3v) is 6.60. The van der Waals surface area contributed by atoms with Crippen LogP contribution in [0.2, 0.25) is 0 Å². The summed E-state index contributed by atoms with van der Waals surface area (Å²) in [6, 6.07) is 4.24. The summed E-state index contributed by atoms with van der Waals surface area (Å²) in [5.41, 5.74) is 0.0186. The normalized spacial score (nSPS) is 14.0. The highest BCUT2D eigenvalue weighted by Crippen LogP contribution is 2.27. The average molecular weight is 486 g/mol. The molecule has 0 fully saturated rings. The lowest BCUT2D eigenvalue weighted by Gasteiger charge is -2.22. The Labute approximate surface area is 170 Å². The zero-order chi connectivity index (χ0) is 17.5. The maximum atomic E-state index is 12.1. The predicted molar refractivity (Wildman–Crippen MR) is 120 cm³/mol. The zero-order valence-corrected chi connectivity index (χ0v) is 19.6. The Morgan fingerprint density at radius 1 is 1.25 bits per heavy atom. The van der Waals surface area contributed by atoms with Gasteiger partial charge in [0.15, 0.2) is 5.96 Å². The average Bonchev–Trinajstić information content (AvgIpc) is 2.98. The van der Waals surface area contributed by atoms with Gasteiger partial charge in [0.2, 0.25) is 0 Å². The Kier molecular flexibility index (Phi) is 10.7. The van der Waals surface area contributed by atoms with Crippen LogP contribution in [-0.2, 0) is 16.2 Å². The Morgan fingerprint density at radius 3 is 2.42 bits per heavy atom. The first-order valence-corrected chi connectivity index (χ1v) is 10.3. The molecule has 0 amide bonds. The number of rotatable bonds is 7. The van der Waals surface area contributed by atoms with E-state index in [0.717, 1.165) is 12.5 Å². The Bertz CT molecular complexity index is 522. The van der Waals surface area contributed by atoms with Gasteiger partial charge in [0.25, 0.3) is 0 Å². The van der Waals surface area contributed by atoms with E-state index in [1.165, 1.54) is 4.88 Å². The van der Waals surface area contributed by atoms with E-state index in [2.05, 4.69) is 48.9 Å². The first kappa shape index (κ1) is 23.9. The van der Waals surface area contributed by atoms with Crippen LogP contribution >= 0.6 is 35.3 Å². The fourth-order valence-electron chi connectivity index (χ4n) is 1.93.